The van der Waals surface area contributed by atoms with E-state index in [1.165, 1.54) is 0 Å². The lowest BCUT2D eigenvalue weighted by molar-refractivity contribution is 0.153. The summed E-state index contributed by atoms with van der Waals surface area (Å²) >= 11 is 6.45. The van der Waals surface area contributed by atoms with Crippen LogP contribution in [0.1, 0.15) is 11.1 Å². The van der Waals surface area contributed by atoms with Crippen molar-refractivity contribution in [3.63, 3.8) is 0 Å². The number of aryl methyl sites for hydroxylation is 1. The number of methoxy groups -OCH3 is 1. The zero-order valence-electron chi connectivity index (χ0n) is 16.8. The van der Waals surface area contributed by atoms with E-state index in [-0.39, 0.29) is 19.4 Å². The highest BCUT2D eigenvalue weighted by atomic mass is 35.5. The molecule has 0 radical (unpaired) electrons. The zero-order valence-corrected chi connectivity index (χ0v) is 17.5. The number of nitrogens with one attached hydrogen (secondary N) is 1. The van der Waals surface area contributed by atoms with Crippen molar-refractivity contribution in [1.82, 2.24) is 9.88 Å². The molecule has 1 aliphatic rings. The van der Waals surface area contributed by atoms with Crippen molar-refractivity contribution in [2.75, 3.05) is 32.4 Å². The van der Waals surface area contributed by atoms with Crippen LogP contribution in [0.2, 0.25) is 5.15 Å². The van der Waals surface area contributed by atoms with Crippen molar-refractivity contribution in [2.24, 2.45) is 0 Å². The van der Waals surface area contributed by atoms with E-state index >= 15 is 0 Å². The summed E-state index contributed by atoms with van der Waals surface area (Å²) in [7, 11) is 1.60. The van der Waals surface area contributed by atoms with E-state index in [0.717, 1.165) is 22.2 Å². The van der Waals surface area contributed by atoms with Crippen molar-refractivity contribution in [2.45, 2.75) is 13.5 Å². The first-order chi connectivity index (χ1) is 14.5. The number of amides is 2. The first kappa shape index (κ1) is 20.3. The summed E-state index contributed by atoms with van der Waals surface area (Å²) in [5.74, 6) is 1.32. The van der Waals surface area contributed by atoms with Crippen LogP contribution in [-0.2, 0) is 11.3 Å². The minimum Gasteiger partial charge on any atom is -0.454 e. The highest BCUT2D eigenvalue weighted by molar-refractivity contribution is 6.30. The van der Waals surface area contributed by atoms with Gasteiger partial charge in [-0.1, -0.05) is 23.7 Å². The molecular formula is C22H22ClN3O4. The van der Waals surface area contributed by atoms with Crippen LogP contribution >= 0.6 is 11.6 Å². The van der Waals surface area contributed by atoms with Gasteiger partial charge in [-0.2, -0.15) is 0 Å². The molecule has 2 heterocycles. The predicted octanol–water partition coefficient (Wildman–Crippen LogP) is 4.61. The maximum absolute atomic E-state index is 12.9. The number of anilines is 1. The third-order valence-corrected chi connectivity index (χ3v) is 5.15. The fourth-order valence-corrected chi connectivity index (χ4v) is 3.49. The molecular weight excluding hydrogens is 406 g/mol. The number of hydrogen-bond acceptors (Lipinski definition) is 5. The Morgan fingerprint density at radius 3 is 2.80 bits per heavy atom. The molecule has 2 aromatic carbocycles. The minimum atomic E-state index is -0.237. The Kier molecular flexibility index (Phi) is 5.92. The van der Waals surface area contributed by atoms with Gasteiger partial charge in [0.15, 0.2) is 11.5 Å². The molecule has 7 nitrogen and oxygen atoms in total. The lowest BCUT2D eigenvalue weighted by Gasteiger charge is -2.23. The van der Waals surface area contributed by atoms with Crippen molar-refractivity contribution < 1.29 is 19.0 Å². The zero-order chi connectivity index (χ0) is 21.1. The molecule has 1 aromatic heterocycles. The molecule has 0 unspecified atom stereocenters. The molecule has 0 spiro atoms. The maximum atomic E-state index is 12.9. The third-order valence-electron chi connectivity index (χ3n) is 4.82. The van der Waals surface area contributed by atoms with Crippen molar-refractivity contribution in [3.05, 3.63) is 58.7 Å². The number of carbonyl (C=O) groups is 1. The number of fused-ring (bicyclic) bond motifs is 2. The summed E-state index contributed by atoms with van der Waals surface area (Å²) in [4.78, 5) is 19.0. The Labute approximate surface area is 179 Å². The number of pyridine rings is 1. The number of halogens is 1. The van der Waals surface area contributed by atoms with E-state index in [1.807, 2.05) is 43.3 Å². The van der Waals surface area contributed by atoms with E-state index in [9.17, 15) is 4.79 Å². The number of ether oxygens (including phenoxy) is 3. The van der Waals surface area contributed by atoms with Crippen molar-refractivity contribution in [3.8, 4) is 11.5 Å². The van der Waals surface area contributed by atoms with E-state index in [4.69, 9.17) is 25.8 Å². The normalized spacial score (nSPS) is 12.2. The molecule has 4 rings (SSSR count). The SMILES string of the molecule is COCCN(Cc1cc2cc3c(cc2nc1Cl)OCO3)C(=O)Nc1cccc(C)c1. The largest absolute Gasteiger partial charge is 0.454 e. The second kappa shape index (κ2) is 8.77. The van der Waals surface area contributed by atoms with E-state index < -0.39 is 0 Å². The topological polar surface area (TPSA) is 72.9 Å². The molecule has 0 bridgehead atoms. The van der Waals surface area contributed by atoms with Gasteiger partial charge >= 0.3 is 6.03 Å². The molecule has 0 atom stereocenters. The molecule has 3 aromatic rings. The predicted molar refractivity (Wildman–Crippen MR) is 115 cm³/mol. The van der Waals surface area contributed by atoms with Gasteiger partial charge in [0.05, 0.1) is 18.7 Å². The molecule has 8 heteroatoms. The van der Waals surface area contributed by atoms with Gasteiger partial charge in [0.2, 0.25) is 6.79 Å². The van der Waals surface area contributed by atoms with Crippen LogP contribution in [0, 0.1) is 6.92 Å². The van der Waals surface area contributed by atoms with Gasteiger partial charge in [-0.15, -0.1) is 0 Å². The van der Waals surface area contributed by atoms with Crippen LogP contribution in [-0.4, -0.2) is 43.0 Å². The smallest absolute Gasteiger partial charge is 0.322 e. The summed E-state index contributed by atoms with van der Waals surface area (Å²) in [6.45, 7) is 3.26. The molecule has 0 fully saturated rings. The summed E-state index contributed by atoms with van der Waals surface area (Å²) < 4.78 is 16.0. The molecule has 1 aliphatic heterocycles. The molecule has 156 valence electrons. The van der Waals surface area contributed by atoms with Gasteiger partial charge < -0.3 is 24.4 Å². The number of nitrogens with zero attached hydrogens (tertiary/aromatic N) is 2. The number of benzene rings is 2. The van der Waals surface area contributed by atoms with Crippen LogP contribution < -0.4 is 14.8 Å². The Morgan fingerprint density at radius 1 is 1.23 bits per heavy atom. The lowest BCUT2D eigenvalue weighted by atomic mass is 10.1. The van der Waals surface area contributed by atoms with E-state index in [2.05, 4.69) is 10.3 Å². The van der Waals surface area contributed by atoms with Gasteiger partial charge in [0.1, 0.15) is 5.15 Å². The molecule has 0 saturated heterocycles. The number of carbonyl (C=O) groups excluding carboxylic acids is 1. The molecule has 0 aliphatic carbocycles. The average molecular weight is 428 g/mol. The molecule has 1 N–H and O–H groups in total. The number of urea groups is 1. The second-order valence-electron chi connectivity index (χ2n) is 7.05. The molecule has 2 amide bonds. The Morgan fingerprint density at radius 2 is 2.03 bits per heavy atom. The summed E-state index contributed by atoms with van der Waals surface area (Å²) in [5, 5.41) is 4.14. The van der Waals surface area contributed by atoms with Gasteiger partial charge in [-0.3, -0.25) is 0 Å². The van der Waals surface area contributed by atoms with Gasteiger partial charge in [-0.05, 0) is 36.8 Å². The minimum absolute atomic E-state index is 0.191. The average Bonchev–Trinajstić information content (AvgIpc) is 3.17. The quantitative estimate of drug-likeness (QED) is 0.582. The highest BCUT2D eigenvalue weighted by Gasteiger charge is 2.19. The highest BCUT2D eigenvalue weighted by Crippen LogP contribution is 2.36. The fourth-order valence-electron chi connectivity index (χ4n) is 3.28. The Balaban J connectivity index is 1.59. The Hall–Kier alpha value is -3.03. The standard InChI is InChI=1S/C22H22ClN3O4/c1-14-4-3-5-17(8-14)24-22(27)26(6-7-28-2)12-16-9-15-10-19-20(30-13-29-19)11-18(15)25-21(16)23/h3-5,8-11H,6-7,12-13H2,1-2H3,(H,24,27). The molecule has 0 saturated carbocycles. The van der Waals surface area contributed by atoms with Crippen LogP contribution in [0.4, 0.5) is 10.5 Å². The lowest BCUT2D eigenvalue weighted by Crippen LogP contribution is -2.37. The van der Waals surface area contributed by atoms with Gasteiger partial charge in [0, 0.05) is 36.4 Å². The van der Waals surface area contributed by atoms with Crippen LogP contribution in [0.5, 0.6) is 11.5 Å². The third kappa shape index (κ3) is 4.42. The van der Waals surface area contributed by atoms with Crippen LogP contribution in [0.25, 0.3) is 10.9 Å². The van der Waals surface area contributed by atoms with Crippen molar-refractivity contribution >= 4 is 34.2 Å². The first-order valence-corrected chi connectivity index (χ1v) is 9.91. The molecule has 30 heavy (non-hydrogen) atoms. The van der Waals surface area contributed by atoms with Crippen LogP contribution in [0.3, 0.4) is 0 Å². The van der Waals surface area contributed by atoms with Gasteiger partial charge in [-0.25, -0.2) is 9.78 Å². The van der Waals surface area contributed by atoms with Gasteiger partial charge in [0.25, 0.3) is 0 Å². The van der Waals surface area contributed by atoms with Crippen LogP contribution in [0.15, 0.2) is 42.5 Å². The summed E-state index contributed by atoms with van der Waals surface area (Å²) in [6.07, 6.45) is 0. The van der Waals surface area contributed by atoms with Crippen molar-refractivity contribution in [1.29, 1.82) is 0 Å². The number of aromatic nitrogens is 1. The maximum Gasteiger partial charge on any atom is 0.322 e. The second-order valence-corrected chi connectivity index (χ2v) is 7.41. The Bertz CT molecular complexity index is 1090. The number of rotatable bonds is 6. The monoisotopic (exact) mass is 427 g/mol. The first-order valence-electron chi connectivity index (χ1n) is 9.54. The summed E-state index contributed by atoms with van der Waals surface area (Å²) in [6, 6.07) is 13.0. The van der Waals surface area contributed by atoms with E-state index in [1.54, 1.807) is 18.1 Å². The fraction of sp³-hybridized carbons (Fsp3) is 0.273. The number of hydrogen-bond donors (Lipinski definition) is 1. The summed E-state index contributed by atoms with van der Waals surface area (Å²) in [5.41, 5.74) is 3.24. The van der Waals surface area contributed by atoms with E-state index in [0.29, 0.717) is 35.3 Å².